The van der Waals surface area contributed by atoms with Gasteiger partial charge in [-0.25, -0.2) is 4.98 Å². The number of carbonyl (C=O) groups is 1. The van der Waals surface area contributed by atoms with Gasteiger partial charge in [-0.05, 0) is 56.2 Å². The summed E-state index contributed by atoms with van der Waals surface area (Å²) in [5.41, 5.74) is 2.12. The number of amides is 1. The number of aromatic nitrogens is 3. The fourth-order valence-corrected chi connectivity index (χ4v) is 3.43. The van der Waals surface area contributed by atoms with E-state index in [0.29, 0.717) is 5.69 Å². The van der Waals surface area contributed by atoms with Gasteiger partial charge in [-0.3, -0.25) is 9.59 Å². The van der Waals surface area contributed by atoms with Gasteiger partial charge in [0.1, 0.15) is 11.4 Å². The molecule has 0 bridgehead atoms. The van der Waals surface area contributed by atoms with Crippen molar-refractivity contribution >= 4 is 29.0 Å². The number of benzene rings is 1. The van der Waals surface area contributed by atoms with Crippen LogP contribution in [0.25, 0.3) is 0 Å². The molecule has 0 unspecified atom stereocenters. The van der Waals surface area contributed by atoms with Crippen molar-refractivity contribution in [2.45, 2.75) is 19.8 Å². The summed E-state index contributed by atoms with van der Waals surface area (Å²) in [5.74, 6) is 1.05. The van der Waals surface area contributed by atoms with E-state index in [1.807, 2.05) is 25.1 Å². The van der Waals surface area contributed by atoms with Crippen LogP contribution in [0.2, 0.25) is 0 Å². The predicted octanol–water partition coefficient (Wildman–Crippen LogP) is 3.08. The minimum Gasteiger partial charge on any atom is -0.341 e. The normalized spacial score (nSPS) is 13.3. The summed E-state index contributed by atoms with van der Waals surface area (Å²) >= 11 is 0. The van der Waals surface area contributed by atoms with Crippen molar-refractivity contribution in [1.82, 2.24) is 14.5 Å². The summed E-state index contributed by atoms with van der Waals surface area (Å²) in [6, 6.07) is 12.4. The van der Waals surface area contributed by atoms with Crippen LogP contribution in [0.1, 0.15) is 28.9 Å². The Morgan fingerprint density at radius 1 is 1.03 bits per heavy atom. The SMILES string of the molecule is Cc1cc(Nc2ccc(NC(=O)c3cccn(C)c3=O)cc2)nc(N2CCCC2)n1. The lowest BCUT2D eigenvalue weighted by molar-refractivity contribution is 0.102. The highest BCUT2D eigenvalue weighted by molar-refractivity contribution is 6.04. The van der Waals surface area contributed by atoms with Crippen molar-refractivity contribution in [3.63, 3.8) is 0 Å². The second-order valence-electron chi connectivity index (χ2n) is 7.38. The predicted molar refractivity (Wildman–Crippen MR) is 118 cm³/mol. The number of rotatable bonds is 5. The molecular weight excluding hydrogens is 380 g/mol. The minimum absolute atomic E-state index is 0.105. The summed E-state index contributed by atoms with van der Waals surface area (Å²) in [5, 5.41) is 6.05. The first-order chi connectivity index (χ1) is 14.5. The van der Waals surface area contributed by atoms with Crippen LogP contribution in [-0.4, -0.2) is 33.5 Å². The number of hydrogen-bond acceptors (Lipinski definition) is 6. The maximum absolute atomic E-state index is 12.4. The van der Waals surface area contributed by atoms with Crippen LogP contribution in [0.3, 0.4) is 0 Å². The van der Waals surface area contributed by atoms with E-state index in [-0.39, 0.29) is 11.1 Å². The van der Waals surface area contributed by atoms with Gasteiger partial charge in [-0.15, -0.1) is 0 Å². The Morgan fingerprint density at radius 3 is 2.47 bits per heavy atom. The molecule has 4 rings (SSSR count). The van der Waals surface area contributed by atoms with Crippen molar-refractivity contribution in [3.05, 3.63) is 70.3 Å². The highest BCUT2D eigenvalue weighted by atomic mass is 16.2. The van der Waals surface area contributed by atoms with Crippen LogP contribution >= 0.6 is 0 Å². The molecule has 1 fully saturated rings. The summed E-state index contributed by atoms with van der Waals surface area (Å²) in [4.78, 5) is 35.9. The molecule has 154 valence electrons. The average Bonchev–Trinajstić information content (AvgIpc) is 3.26. The molecule has 1 amide bonds. The molecule has 0 atom stereocenters. The van der Waals surface area contributed by atoms with E-state index in [2.05, 4.69) is 25.5 Å². The monoisotopic (exact) mass is 404 g/mol. The van der Waals surface area contributed by atoms with Gasteiger partial charge in [0.05, 0.1) is 0 Å². The van der Waals surface area contributed by atoms with Crippen LogP contribution < -0.4 is 21.1 Å². The third-order valence-electron chi connectivity index (χ3n) is 5.01. The Balaban J connectivity index is 1.46. The molecule has 3 aromatic rings. The molecule has 3 heterocycles. The number of carbonyl (C=O) groups excluding carboxylic acids is 1. The van der Waals surface area contributed by atoms with Gasteiger partial charge < -0.3 is 20.1 Å². The zero-order chi connectivity index (χ0) is 21.1. The molecule has 1 aliphatic heterocycles. The molecule has 1 aromatic carbocycles. The van der Waals surface area contributed by atoms with Crippen molar-refractivity contribution in [2.75, 3.05) is 28.6 Å². The van der Waals surface area contributed by atoms with Crippen LogP contribution in [0, 0.1) is 6.92 Å². The summed E-state index contributed by atoms with van der Waals surface area (Å²) in [7, 11) is 1.61. The van der Waals surface area contributed by atoms with E-state index in [1.165, 1.54) is 23.5 Å². The zero-order valence-electron chi connectivity index (χ0n) is 17.1. The van der Waals surface area contributed by atoms with Crippen LogP contribution in [0.5, 0.6) is 0 Å². The maximum Gasteiger partial charge on any atom is 0.263 e. The lowest BCUT2D eigenvalue weighted by Gasteiger charge is -2.17. The summed E-state index contributed by atoms with van der Waals surface area (Å²) < 4.78 is 1.38. The molecule has 0 saturated carbocycles. The van der Waals surface area contributed by atoms with Gasteiger partial charge in [-0.2, -0.15) is 4.98 Å². The fourth-order valence-electron chi connectivity index (χ4n) is 3.43. The Labute approximate surface area is 174 Å². The molecule has 2 aromatic heterocycles. The highest BCUT2D eigenvalue weighted by Gasteiger charge is 2.16. The van der Waals surface area contributed by atoms with Crippen LogP contribution in [0.4, 0.5) is 23.1 Å². The molecular formula is C22H24N6O2. The third-order valence-corrected chi connectivity index (χ3v) is 5.01. The fraction of sp³-hybridized carbons (Fsp3) is 0.273. The largest absolute Gasteiger partial charge is 0.341 e. The van der Waals surface area contributed by atoms with E-state index in [0.717, 1.165) is 36.2 Å². The summed E-state index contributed by atoms with van der Waals surface area (Å²) in [6.45, 7) is 3.93. The number of hydrogen-bond donors (Lipinski definition) is 2. The molecule has 1 saturated heterocycles. The molecule has 2 N–H and O–H groups in total. The van der Waals surface area contributed by atoms with Gasteiger partial charge in [0.25, 0.3) is 11.5 Å². The molecule has 8 nitrogen and oxygen atoms in total. The van der Waals surface area contributed by atoms with Gasteiger partial charge in [0, 0.05) is 49.5 Å². The molecule has 8 heteroatoms. The second-order valence-corrected chi connectivity index (χ2v) is 7.38. The molecule has 1 aliphatic rings. The van der Waals surface area contributed by atoms with Crippen molar-refractivity contribution < 1.29 is 4.79 Å². The van der Waals surface area contributed by atoms with Crippen LogP contribution in [-0.2, 0) is 7.05 Å². The number of anilines is 4. The van der Waals surface area contributed by atoms with Crippen molar-refractivity contribution in [2.24, 2.45) is 7.05 Å². The molecule has 30 heavy (non-hydrogen) atoms. The topological polar surface area (TPSA) is 92.1 Å². The van der Waals surface area contributed by atoms with E-state index in [1.54, 1.807) is 31.4 Å². The smallest absolute Gasteiger partial charge is 0.263 e. The molecule has 0 spiro atoms. The first kappa shape index (κ1) is 19.6. The quantitative estimate of drug-likeness (QED) is 0.679. The van der Waals surface area contributed by atoms with Crippen LogP contribution in [0.15, 0.2) is 53.5 Å². The standard InChI is InChI=1S/C22H24N6O2/c1-15-14-19(26-22(23-15)28-12-3-4-13-28)24-16-7-9-17(10-8-16)25-20(29)18-6-5-11-27(2)21(18)30/h5-11,14H,3-4,12-13H2,1-2H3,(H,25,29)(H,23,24,26). The second kappa shape index (κ2) is 8.36. The zero-order valence-corrected chi connectivity index (χ0v) is 17.1. The molecule has 0 radical (unpaired) electrons. The Bertz CT molecular complexity index is 1120. The molecule has 0 aliphatic carbocycles. The maximum atomic E-state index is 12.4. The Hall–Kier alpha value is -3.68. The first-order valence-electron chi connectivity index (χ1n) is 9.94. The first-order valence-corrected chi connectivity index (χ1v) is 9.94. The Kier molecular flexibility index (Phi) is 5.47. The lowest BCUT2D eigenvalue weighted by atomic mass is 10.2. The van der Waals surface area contributed by atoms with Gasteiger partial charge in [0.15, 0.2) is 0 Å². The number of nitrogens with one attached hydrogen (secondary N) is 2. The third kappa shape index (κ3) is 4.32. The van der Waals surface area contributed by atoms with E-state index < -0.39 is 5.91 Å². The van der Waals surface area contributed by atoms with Crippen molar-refractivity contribution in [3.8, 4) is 0 Å². The van der Waals surface area contributed by atoms with E-state index in [9.17, 15) is 9.59 Å². The summed E-state index contributed by atoms with van der Waals surface area (Å²) in [6.07, 6.45) is 3.95. The van der Waals surface area contributed by atoms with Crippen molar-refractivity contribution in [1.29, 1.82) is 0 Å². The Morgan fingerprint density at radius 2 is 1.73 bits per heavy atom. The average molecular weight is 404 g/mol. The van der Waals surface area contributed by atoms with Gasteiger partial charge >= 0.3 is 0 Å². The van der Waals surface area contributed by atoms with Gasteiger partial charge in [-0.1, -0.05) is 0 Å². The highest BCUT2D eigenvalue weighted by Crippen LogP contribution is 2.22. The van der Waals surface area contributed by atoms with Gasteiger partial charge in [0.2, 0.25) is 5.95 Å². The number of nitrogens with zero attached hydrogens (tertiary/aromatic N) is 4. The minimum atomic E-state index is -0.432. The lowest BCUT2D eigenvalue weighted by Crippen LogP contribution is -2.26. The van der Waals surface area contributed by atoms with E-state index in [4.69, 9.17) is 0 Å². The number of aryl methyl sites for hydroxylation is 2. The van der Waals surface area contributed by atoms with E-state index >= 15 is 0 Å². The number of pyridine rings is 1.